The highest BCUT2D eigenvalue weighted by Crippen LogP contribution is 2.28. The predicted octanol–water partition coefficient (Wildman–Crippen LogP) is 2.50. The molecular weight excluding hydrogens is 308 g/mol. The Kier molecular flexibility index (Phi) is 7.18. The van der Waals surface area contributed by atoms with E-state index in [-0.39, 0.29) is 23.8 Å². The first-order valence-corrected chi connectivity index (χ1v) is 8.66. The van der Waals surface area contributed by atoms with Crippen molar-refractivity contribution in [1.29, 1.82) is 0 Å². The lowest BCUT2D eigenvalue weighted by molar-refractivity contribution is -0.149. The van der Waals surface area contributed by atoms with E-state index in [4.69, 9.17) is 15.2 Å². The molecule has 1 heterocycles. The van der Waals surface area contributed by atoms with Gasteiger partial charge in [-0.3, -0.25) is 9.59 Å². The quantitative estimate of drug-likeness (QED) is 0.580. The molecule has 0 aromatic carbocycles. The summed E-state index contributed by atoms with van der Waals surface area (Å²) in [5.74, 6) is 0.453. The van der Waals surface area contributed by atoms with Crippen LogP contribution in [0.4, 0.5) is 0 Å². The maximum atomic E-state index is 11.9. The summed E-state index contributed by atoms with van der Waals surface area (Å²) in [6.07, 6.45) is 5.90. The first-order valence-electron chi connectivity index (χ1n) is 8.66. The molecule has 0 unspecified atom stereocenters. The van der Waals surface area contributed by atoms with E-state index < -0.39 is 0 Å². The zero-order valence-corrected chi connectivity index (χ0v) is 14.2. The molecule has 24 heavy (non-hydrogen) atoms. The van der Waals surface area contributed by atoms with Crippen LogP contribution in [0.15, 0.2) is 18.3 Å². The molecule has 0 saturated heterocycles. The normalized spacial score (nSPS) is 20.4. The van der Waals surface area contributed by atoms with E-state index in [1.165, 1.54) is 0 Å². The highest BCUT2D eigenvalue weighted by Gasteiger charge is 2.28. The first kappa shape index (κ1) is 18.4. The summed E-state index contributed by atoms with van der Waals surface area (Å²) in [5.41, 5.74) is 6.00. The lowest BCUT2D eigenvalue weighted by Gasteiger charge is -2.27. The maximum absolute atomic E-state index is 11.9. The summed E-state index contributed by atoms with van der Waals surface area (Å²) in [7, 11) is 0. The number of carbonyl (C=O) groups is 2. The smallest absolute Gasteiger partial charge is 0.308 e. The molecule has 1 saturated carbocycles. The fourth-order valence-electron chi connectivity index (χ4n) is 2.87. The van der Waals surface area contributed by atoms with Gasteiger partial charge in [0.1, 0.15) is 6.10 Å². The number of nitrogens with two attached hydrogens (primary N) is 1. The minimum absolute atomic E-state index is 0.0136. The number of rotatable bonds is 8. The van der Waals surface area contributed by atoms with Gasteiger partial charge in [-0.2, -0.15) is 0 Å². The Labute approximate surface area is 142 Å². The predicted molar refractivity (Wildman–Crippen MR) is 89.9 cm³/mol. The third-order valence-corrected chi connectivity index (χ3v) is 4.25. The lowest BCUT2D eigenvalue weighted by atomic mass is 9.87. The van der Waals surface area contributed by atoms with Crippen molar-refractivity contribution in [2.75, 3.05) is 13.2 Å². The molecule has 6 nitrogen and oxygen atoms in total. The highest BCUT2D eigenvalue weighted by molar-refractivity contribution is 5.95. The van der Waals surface area contributed by atoms with Gasteiger partial charge in [0, 0.05) is 24.2 Å². The Balaban J connectivity index is 1.80. The monoisotopic (exact) mass is 334 g/mol. The number of Topliss-reactive ketones (excluding diaryl/α,β-unsaturated/α-hetero) is 1. The number of hydrogen-bond donors (Lipinski definition) is 1. The number of ketones is 1. The molecule has 1 aliphatic carbocycles. The number of ether oxygens (including phenoxy) is 2. The molecule has 0 radical (unpaired) electrons. The Morgan fingerprint density at radius 2 is 2.00 bits per heavy atom. The minimum Gasteiger partial charge on any atom is -0.474 e. The van der Waals surface area contributed by atoms with Crippen LogP contribution in [0.1, 0.15) is 55.8 Å². The van der Waals surface area contributed by atoms with Crippen LogP contribution in [0.25, 0.3) is 0 Å². The lowest BCUT2D eigenvalue weighted by Crippen LogP contribution is -2.29. The number of carbonyl (C=O) groups excluding carboxylic acids is 2. The van der Waals surface area contributed by atoms with Crippen LogP contribution in [0, 0.1) is 5.92 Å². The van der Waals surface area contributed by atoms with Gasteiger partial charge in [-0.15, -0.1) is 0 Å². The van der Waals surface area contributed by atoms with Gasteiger partial charge in [0.2, 0.25) is 5.88 Å². The number of aromatic nitrogens is 1. The van der Waals surface area contributed by atoms with Crippen LogP contribution in [-0.2, 0) is 9.53 Å². The number of esters is 1. The van der Waals surface area contributed by atoms with Gasteiger partial charge >= 0.3 is 5.97 Å². The van der Waals surface area contributed by atoms with E-state index >= 15 is 0 Å². The molecule has 1 aromatic rings. The Hall–Kier alpha value is -1.95. The van der Waals surface area contributed by atoms with Crippen molar-refractivity contribution in [1.82, 2.24) is 4.98 Å². The van der Waals surface area contributed by atoms with Crippen LogP contribution < -0.4 is 10.5 Å². The minimum atomic E-state index is -0.102. The van der Waals surface area contributed by atoms with Crippen molar-refractivity contribution in [3.05, 3.63) is 23.9 Å². The standard InChI is InChI=1S/C18H26N2O4/c1-2-23-18(22)13-5-8-15(9-6-13)24-17-10-7-14(12-20-17)16(21)4-3-11-19/h7,10,12-13,15H,2-6,8-9,11,19H2,1H3. The molecule has 0 spiro atoms. The van der Waals surface area contributed by atoms with Gasteiger partial charge in [0.15, 0.2) is 5.78 Å². The number of pyridine rings is 1. The summed E-state index contributed by atoms with van der Waals surface area (Å²) in [6, 6.07) is 3.47. The average Bonchev–Trinajstić information content (AvgIpc) is 2.61. The van der Waals surface area contributed by atoms with Crippen LogP contribution in [-0.4, -0.2) is 36.0 Å². The molecule has 0 aliphatic heterocycles. The van der Waals surface area contributed by atoms with E-state index in [9.17, 15) is 9.59 Å². The first-order chi connectivity index (χ1) is 11.6. The average molecular weight is 334 g/mol. The molecule has 0 amide bonds. The summed E-state index contributed by atoms with van der Waals surface area (Å²) < 4.78 is 10.9. The van der Waals surface area contributed by atoms with Crippen molar-refractivity contribution in [3.63, 3.8) is 0 Å². The van der Waals surface area contributed by atoms with Gasteiger partial charge in [0.05, 0.1) is 12.5 Å². The summed E-state index contributed by atoms with van der Waals surface area (Å²) in [6.45, 7) is 2.76. The second kappa shape index (κ2) is 9.37. The molecule has 2 rings (SSSR count). The van der Waals surface area contributed by atoms with Crippen molar-refractivity contribution in [3.8, 4) is 5.88 Å². The molecule has 0 atom stereocenters. The van der Waals surface area contributed by atoms with Gasteiger partial charge in [-0.1, -0.05) is 0 Å². The molecule has 0 bridgehead atoms. The van der Waals surface area contributed by atoms with Gasteiger partial charge in [0.25, 0.3) is 0 Å². The SMILES string of the molecule is CCOC(=O)C1CCC(Oc2ccc(C(=O)CCCN)cn2)CC1. The van der Waals surface area contributed by atoms with Gasteiger partial charge in [-0.25, -0.2) is 4.98 Å². The van der Waals surface area contributed by atoms with Crippen molar-refractivity contribution in [2.45, 2.75) is 51.6 Å². The van der Waals surface area contributed by atoms with Crippen molar-refractivity contribution >= 4 is 11.8 Å². The maximum Gasteiger partial charge on any atom is 0.308 e. The molecular formula is C18H26N2O4. The second-order valence-electron chi connectivity index (χ2n) is 6.04. The fraction of sp³-hybridized carbons (Fsp3) is 0.611. The molecule has 1 aromatic heterocycles. The van der Waals surface area contributed by atoms with E-state index in [2.05, 4.69) is 4.98 Å². The third-order valence-electron chi connectivity index (χ3n) is 4.25. The molecule has 6 heteroatoms. The van der Waals surface area contributed by atoms with E-state index in [1.807, 2.05) is 6.92 Å². The van der Waals surface area contributed by atoms with Crippen molar-refractivity contribution in [2.24, 2.45) is 11.7 Å². The molecule has 2 N–H and O–H groups in total. The van der Waals surface area contributed by atoms with Crippen LogP contribution in [0.5, 0.6) is 5.88 Å². The Bertz CT molecular complexity index is 536. The zero-order valence-electron chi connectivity index (χ0n) is 14.2. The number of hydrogen-bond acceptors (Lipinski definition) is 6. The van der Waals surface area contributed by atoms with Crippen LogP contribution in [0.3, 0.4) is 0 Å². The molecule has 1 aliphatic rings. The Morgan fingerprint density at radius 3 is 2.58 bits per heavy atom. The molecule has 1 fully saturated rings. The third kappa shape index (κ3) is 5.30. The highest BCUT2D eigenvalue weighted by atomic mass is 16.5. The van der Waals surface area contributed by atoms with Gasteiger partial charge in [-0.05, 0) is 51.6 Å². The molecule has 132 valence electrons. The van der Waals surface area contributed by atoms with E-state index in [0.29, 0.717) is 37.4 Å². The topological polar surface area (TPSA) is 91.5 Å². The van der Waals surface area contributed by atoms with Gasteiger partial charge < -0.3 is 15.2 Å². The van der Waals surface area contributed by atoms with Crippen LogP contribution >= 0.6 is 0 Å². The summed E-state index contributed by atoms with van der Waals surface area (Å²) >= 11 is 0. The fourth-order valence-corrected chi connectivity index (χ4v) is 2.87. The number of nitrogens with zero attached hydrogens (tertiary/aromatic N) is 1. The zero-order chi connectivity index (χ0) is 17.4. The summed E-state index contributed by atoms with van der Waals surface area (Å²) in [4.78, 5) is 27.8. The largest absolute Gasteiger partial charge is 0.474 e. The van der Waals surface area contributed by atoms with E-state index in [0.717, 1.165) is 25.7 Å². The Morgan fingerprint density at radius 1 is 1.25 bits per heavy atom. The van der Waals surface area contributed by atoms with Crippen LogP contribution in [0.2, 0.25) is 0 Å². The van der Waals surface area contributed by atoms with E-state index in [1.54, 1.807) is 18.3 Å². The summed E-state index contributed by atoms with van der Waals surface area (Å²) in [5, 5.41) is 0. The second-order valence-corrected chi connectivity index (χ2v) is 6.04. The van der Waals surface area contributed by atoms with Crippen molar-refractivity contribution < 1.29 is 19.1 Å².